The lowest BCUT2D eigenvalue weighted by Gasteiger charge is -2.34. The van der Waals surface area contributed by atoms with Crippen LogP contribution in [0.4, 0.5) is 27.6 Å². The van der Waals surface area contributed by atoms with E-state index in [9.17, 15) is 31.5 Å². The molecule has 0 saturated carbocycles. The van der Waals surface area contributed by atoms with Gasteiger partial charge in [-0.25, -0.2) is 18.3 Å². The van der Waals surface area contributed by atoms with Gasteiger partial charge in [-0.1, -0.05) is 18.2 Å². The molecular weight excluding hydrogens is 485 g/mol. The molecule has 5 rings (SSSR count). The number of alkyl halides is 5. The van der Waals surface area contributed by atoms with Gasteiger partial charge < -0.3 is 9.80 Å². The molecule has 1 atom stereocenters. The minimum Gasteiger partial charge on any atom is -0.362 e. The van der Waals surface area contributed by atoms with Crippen LogP contribution in [-0.4, -0.2) is 57.4 Å². The van der Waals surface area contributed by atoms with Gasteiger partial charge in [0, 0.05) is 42.8 Å². The standard InChI is InChI=1S/C24H24F5N5O2/c25-20(26)13-34-23(36)33-10-9-31(14-21(33)30-34)19-5-1-3-15-11-16(6-7-18(15)19)22(35)32-8-2-4-17(12-32)24(27,28)29/h1,3,5-7,11,17,20H,2,4,8-10,12-14H2. The number of halogens is 5. The van der Waals surface area contributed by atoms with Crippen LogP contribution in [0.5, 0.6) is 0 Å². The number of anilines is 1. The Morgan fingerprint density at radius 3 is 2.67 bits per heavy atom. The first kappa shape index (κ1) is 24.3. The van der Waals surface area contributed by atoms with Crippen molar-refractivity contribution in [1.82, 2.24) is 19.2 Å². The summed E-state index contributed by atoms with van der Waals surface area (Å²) >= 11 is 0. The quantitative estimate of drug-likeness (QED) is 0.501. The number of amides is 1. The summed E-state index contributed by atoms with van der Waals surface area (Å²) in [6, 6.07) is 10.6. The summed E-state index contributed by atoms with van der Waals surface area (Å²) in [5.41, 5.74) is 0.584. The zero-order chi connectivity index (χ0) is 25.6. The molecule has 0 radical (unpaired) electrons. The normalized spacial score (nSPS) is 18.7. The van der Waals surface area contributed by atoms with Gasteiger partial charge in [0.1, 0.15) is 6.54 Å². The van der Waals surface area contributed by atoms with Gasteiger partial charge in [-0.05, 0) is 36.4 Å². The number of aromatic nitrogens is 3. The fourth-order valence-corrected chi connectivity index (χ4v) is 5.04. The molecule has 0 bridgehead atoms. The predicted molar refractivity (Wildman–Crippen MR) is 122 cm³/mol. The average Bonchev–Trinajstić information content (AvgIpc) is 3.16. The zero-order valence-corrected chi connectivity index (χ0v) is 19.2. The Bertz CT molecular complexity index is 1350. The lowest BCUT2D eigenvalue weighted by atomic mass is 9.96. The van der Waals surface area contributed by atoms with Crippen molar-refractivity contribution in [2.75, 3.05) is 24.5 Å². The lowest BCUT2D eigenvalue weighted by molar-refractivity contribution is -0.184. The molecule has 1 amide bonds. The van der Waals surface area contributed by atoms with E-state index in [1.165, 1.54) is 9.47 Å². The van der Waals surface area contributed by atoms with Gasteiger partial charge in [0.15, 0.2) is 5.82 Å². The Balaban J connectivity index is 1.39. The van der Waals surface area contributed by atoms with Gasteiger partial charge in [0.25, 0.3) is 12.3 Å². The highest BCUT2D eigenvalue weighted by atomic mass is 19.4. The van der Waals surface area contributed by atoms with Gasteiger partial charge in [-0.15, -0.1) is 0 Å². The maximum atomic E-state index is 13.2. The molecule has 1 fully saturated rings. The molecule has 3 aromatic rings. The number of hydrogen-bond donors (Lipinski definition) is 0. The highest BCUT2D eigenvalue weighted by Crippen LogP contribution is 2.34. The zero-order valence-electron chi connectivity index (χ0n) is 19.2. The highest BCUT2D eigenvalue weighted by Gasteiger charge is 2.42. The summed E-state index contributed by atoms with van der Waals surface area (Å²) < 4.78 is 67.3. The van der Waals surface area contributed by atoms with E-state index in [1.807, 2.05) is 23.1 Å². The van der Waals surface area contributed by atoms with Crippen LogP contribution >= 0.6 is 0 Å². The number of nitrogens with zero attached hydrogens (tertiary/aromatic N) is 5. The van der Waals surface area contributed by atoms with E-state index in [0.29, 0.717) is 30.9 Å². The first-order valence-corrected chi connectivity index (χ1v) is 11.7. The molecule has 0 N–H and O–H groups in total. The van der Waals surface area contributed by atoms with Crippen LogP contribution in [0.15, 0.2) is 41.2 Å². The van der Waals surface area contributed by atoms with Crippen LogP contribution in [0.25, 0.3) is 10.8 Å². The molecule has 1 aromatic heterocycles. The van der Waals surface area contributed by atoms with E-state index in [-0.39, 0.29) is 26.1 Å². The van der Waals surface area contributed by atoms with Gasteiger partial charge in [-0.2, -0.15) is 18.3 Å². The van der Waals surface area contributed by atoms with Crippen LogP contribution in [0.3, 0.4) is 0 Å². The number of rotatable bonds is 4. The van der Waals surface area contributed by atoms with Gasteiger partial charge in [-0.3, -0.25) is 9.36 Å². The summed E-state index contributed by atoms with van der Waals surface area (Å²) in [7, 11) is 0. The summed E-state index contributed by atoms with van der Waals surface area (Å²) in [5, 5.41) is 5.64. The fourth-order valence-electron chi connectivity index (χ4n) is 5.04. The summed E-state index contributed by atoms with van der Waals surface area (Å²) in [6.07, 6.45) is -6.68. The van der Waals surface area contributed by atoms with E-state index < -0.39 is 36.7 Å². The van der Waals surface area contributed by atoms with E-state index in [0.717, 1.165) is 21.1 Å². The minimum atomic E-state index is -4.33. The first-order valence-electron chi connectivity index (χ1n) is 11.7. The highest BCUT2D eigenvalue weighted by molar-refractivity contribution is 6.02. The second-order valence-electron chi connectivity index (χ2n) is 9.19. The smallest absolute Gasteiger partial charge is 0.362 e. The van der Waals surface area contributed by atoms with Crippen LogP contribution < -0.4 is 10.6 Å². The maximum absolute atomic E-state index is 13.2. The third-order valence-corrected chi connectivity index (χ3v) is 6.85. The molecule has 192 valence electrons. The van der Waals surface area contributed by atoms with Crippen LogP contribution in [0, 0.1) is 5.92 Å². The molecule has 1 saturated heterocycles. The number of carbonyl (C=O) groups is 1. The van der Waals surface area contributed by atoms with Crippen LogP contribution in [-0.2, 0) is 19.6 Å². The monoisotopic (exact) mass is 509 g/mol. The number of likely N-dealkylation sites (tertiary alicyclic amines) is 1. The summed E-state index contributed by atoms with van der Waals surface area (Å²) in [4.78, 5) is 28.6. The molecule has 2 aliphatic heterocycles. The number of benzene rings is 2. The van der Waals surface area contributed by atoms with Crippen molar-refractivity contribution in [2.24, 2.45) is 5.92 Å². The molecule has 1 unspecified atom stereocenters. The number of fused-ring (bicyclic) bond motifs is 2. The van der Waals surface area contributed by atoms with Crippen molar-refractivity contribution in [3.63, 3.8) is 0 Å². The Morgan fingerprint density at radius 2 is 1.92 bits per heavy atom. The number of piperidine rings is 1. The van der Waals surface area contributed by atoms with E-state index in [1.54, 1.807) is 18.2 Å². The molecule has 0 aliphatic carbocycles. The third kappa shape index (κ3) is 4.56. The summed E-state index contributed by atoms with van der Waals surface area (Å²) in [6.45, 7) is 0.188. The number of carbonyl (C=O) groups excluding carboxylic acids is 1. The Kier molecular flexibility index (Phi) is 6.21. The van der Waals surface area contributed by atoms with Crippen molar-refractivity contribution in [3.8, 4) is 0 Å². The van der Waals surface area contributed by atoms with Crippen LogP contribution in [0.2, 0.25) is 0 Å². The van der Waals surface area contributed by atoms with E-state index >= 15 is 0 Å². The second kappa shape index (κ2) is 9.21. The Morgan fingerprint density at radius 1 is 1.11 bits per heavy atom. The topological polar surface area (TPSA) is 63.4 Å². The molecule has 36 heavy (non-hydrogen) atoms. The van der Waals surface area contributed by atoms with Crippen molar-refractivity contribution < 1.29 is 26.7 Å². The maximum Gasteiger partial charge on any atom is 0.393 e. The fraction of sp³-hybridized carbons (Fsp3) is 0.458. The molecular formula is C24H24F5N5O2. The predicted octanol–water partition coefficient (Wildman–Crippen LogP) is 3.90. The molecule has 2 aromatic carbocycles. The average molecular weight is 509 g/mol. The Hall–Kier alpha value is -3.44. The molecule has 0 spiro atoms. The molecule has 12 heteroatoms. The first-order chi connectivity index (χ1) is 17.1. The lowest BCUT2D eigenvalue weighted by Crippen LogP contribution is -2.44. The molecule has 2 aliphatic rings. The van der Waals surface area contributed by atoms with Crippen molar-refractivity contribution >= 4 is 22.4 Å². The molecule has 3 heterocycles. The van der Waals surface area contributed by atoms with Crippen molar-refractivity contribution in [1.29, 1.82) is 0 Å². The largest absolute Gasteiger partial charge is 0.393 e. The number of hydrogen-bond acceptors (Lipinski definition) is 4. The van der Waals surface area contributed by atoms with Crippen molar-refractivity contribution in [2.45, 2.75) is 45.1 Å². The summed E-state index contributed by atoms with van der Waals surface area (Å²) in [5.74, 6) is -1.55. The Labute approximate surface area is 202 Å². The molecule has 7 nitrogen and oxygen atoms in total. The van der Waals surface area contributed by atoms with Crippen LogP contribution in [0.1, 0.15) is 29.0 Å². The second-order valence-corrected chi connectivity index (χ2v) is 9.19. The minimum absolute atomic E-state index is 0.0262. The van der Waals surface area contributed by atoms with E-state index in [4.69, 9.17) is 0 Å². The SMILES string of the molecule is O=C(c1ccc2c(N3CCn4c(nn(CC(F)F)c4=O)C3)cccc2c1)N1CCCC(C(F)(F)F)C1. The van der Waals surface area contributed by atoms with Crippen molar-refractivity contribution in [3.05, 3.63) is 58.3 Å². The van der Waals surface area contributed by atoms with Gasteiger partial charge in [0.05, 0.1) is 12.5 Å². The van der Waals surface area contributed by atoms with Gasteiger partial charge in [0.2, 0.25) is 0 Å². The van der Waals surface area contributed by atoms with E-state index in [2.05, 4.69) is 5.10 Å². The third-order valence-electron chi connectivity index (χ3n) is 6.85. The van der Waals surface area contributed by atoms with Gasteiger partial charge >= 0.3 is 11.9 Å².